The Kier molecular flexibility index (Phi) is 4.19. The summed E-state index contributed by atoms with van der Waals surface area (Å²) in [6.07, 6.45) is -10.6. The molecule has 22 heavy (non-hydrogen) atoms. The van der Waals surface area contributed by atoms with Crippen molar-refractivity contribution >= 4 is 0 Å². The van der Waals surface area contributed by atoms with Crippen molar-refractivity contribution in [3.8, 4) is 0 Å². The minimum Gasteiger partial charge on any atom is -0.223 e. The van der Waals surface area contributed by atoms with Crippen LogP contribution in [0.4, 0.5) is 26.3 Å². The normalized spacial score (nSPS) is 12.7. The predicted octanol–water partition coefficient (Wildman–Crippen LogP) is 5.24. The Morgan fingerprint density at radius 2 is 0.864 bits per heavy atom. The lowest BCUT2D eigenvalue weighted by atomic mass is 9.99. The van der Waals surface area contributed by atoms with E-state index >= 15 is 0 Å². The topological polar surface area (TPSA) is 19.9 Å². The summed E-state index contributed by atoms with van der Waals surface area (Å²) in [5.74, 6) is 0. The fraction of sp³-hybridized carbons (Fsp3) is 0.200. The zero-order valence-corrected chi connectivity index (χ0v) is 10.9. The lowest BCUT2D eigenvalue weighted by Crippen LogP contribution is -2.07. The molecule has 2 aromatic rings. The molecule has 117 valence electrons. The number of hydrogen-bond donors (Lipinski definition) is 0. The molecule has 0 spiro atoms. The molecule has 0 unspecified atom stereocenters. The minimum atomic E-state index is -4.51. The van der Waals surface area contributed by atoms with Gasteiger partial charge in [0.2, 0.25) is 0 Å². The summed E-state index contributed by atoms with van der Waals surface area (Å²) < 4.78 is 74.5. The van der Waals surface area contributed by atoms with Crippen LogP contribution in [0.3, 0.4) is 0 Å². The van der Waals surface area contributed by atoms with Crippen molar-refractivity contribution in [2.24, 2.45) is 0 Å². The molecule has 0 aliphatic carbocycles. The second kappa shape index (κ2) is 5.64. The third-order valence-electron chi connectivity index (χ3n) is 3.08. The van der Waals surface area contributed by atoms with Crippen LogP contribution in [0, 0.1) is 0 Å². The van der Waals surface area contributed by atoms with E-state index in [1.54, 1.807) is 0 Å². The van der Waals surface area contributed by atoms with Gasteiger partial charge in [-0.05, 0) is 35.4 Å². The van der Waals surface area contributed by atoms with E-state index in [2.05, 4.69) is 0 Å². The second-order valence-corrected chi connectivity index (χ2v) is 4.62. The van der Waals surface area contributed by atoms with Gasteiger partial charge < -0.3 is 0 Å². The van der Waals surface area contributed by atoms with Gasteiger partial charge in [-0.25, -0.2) is 5.11 Å². The van der Waals surface area contributed by atoms with E-state index in [1.807, 2.05) is 0 Å². The third-order valence-corrected chi connectivity index (χ3v) is 3.08. The first-order chi connectivity index (χ1) is 10.1. The van der Waals surface area contributed by atoms with E-state index in [-0.39, 0.29) is 11.1 Å². The quantitative estimate of drug-likeness (QED) is 0.674. The number of alkyl halides is 6. The molecule has 2 rings (SSSR count). The Morgan fingerprint density at radius 3 is 1.09 bits per heavy atom. The van der Waals surface area contributed by atoms with Gasteiger partial charge in [-0.2, -0.15) is 26.3 Å². The Morgan fingerprint density at radius 1 is 0.591 bits per heavy atom. The molecule has 0 fully saturated rings. The van der Waals surface area contributed by atoms with Crippen LogP contribution in [0.25, 0.3) is 0 Å². The van der Waals surface area contributed by atoms with Crippen LogP contribution < -0.4 is 0 Å². The number of benzene rings is 2. The molecule has 0 aliphatic rings. The molecule has 1 nitrogen and oxygen atoms in total. The van der Waals surface area contributed by atoms with Crippen molar-refractivity contribution in [3.05, 3.63) is 70.8 Å². The highest BCUT2D eigenvalue weighted by Gasteiger charge is 2.31. The van der Waals surface area contributed by atoms with E-state index in [9.17, 15) is 31.4 Å². The maximum atomic E-state index is 12.4. The first-order valence-electron chi connectivity index (χ1n) is 6.09. The fourth-order valence-electron chi connectivity index (χ4n) is 1.89. The molecule has 0 atom stereocenters. The summed E-state index contributed by atoms with van der Waals surface area (Å²) in [7, 11) is 0. The first-order valence-corrected chi connectivity index (χ1v) is 6.09. The van der Waals surface area contributed by atoms with Crippen molar-refractivity contribution in [1.29, 1.82) is 0 Å². The van der Waals surface area contributed by atoms with Crippen LogP contribution in [0.1, 0.15) is 28.4 Å². The smallest absolute Gasteiger partial charge is 0.223 e. The van der Waals surface area contributed by atoms with Gasteiger partial charge in [0.1, 0.15) is 6.10 Å². The van der Waals surface area contributed by atoms with Crippen LogP contribution in [0.15, 0.2) is 48.5 Å². The average molecular weight is 319 g/mol. The van der Waals surface area contributed by atoms with Gasteiger partial charge in [0.15, 0.2) is 0 Å². The molecule has 1 radical (unpaired) electrons. The fourth-order valence-corrected chi connectivity index (χ4v) is 1.89. The maximum absolute atomic E-state index is 12.4. The minimum absolute atomic E-state index is 0.0489. The van der Waals surface area contributed by atoms with E-state index in [1.165, 1.54) is 0 Å². The van der Waals surface area contributed by atoms with Crippen molar-refractivity contribution < 1.29 is 31.4 Å². The van der Waals surface area contributed by atoms with Gasteiger partial charge in [0.25, 0.3) is 0 Å². The van der Waals surface area contributed by atoms with Crippen LogP contribution in [-0.2, 0) is 17.5 Å². The summed E-state index contributed by atoms with van der Waals surface area (Å²) in [4.78, 5) is 0. The summed E-state index contributed by atoms with van der Waals surface area (Å²) in [6, 6.07) is 7.18. The molecule has 0 aromatic heterocycles. The zero-order chi connectivity index (χ0) is 16.5. The van der Waals surface area contributed by atoms with Crippen LogP contribution >= 0.6 is 0 Å². The van der Waals surface area contributed by atoms with Gasteiger partial charge >= 0.3 is 12.4 Å². The molecule has 0 saturated carbocycles. The van der Waals surface area contributed by atoms with Gasteiger partial charge in [0.05, 0.1) is 11.1 Å². The second-order valence-electron chi connectivity index (χ2n) is 4.62. The van der Waals surface area contributed by atoms with Gasteiger partial charge in [-0.3, -0.25) is 0 Å². The predicted molar refractivity (Wildman–Crippen MR) is 65.4 cm³/mol. The molecule has 0 N–H and O–H groups in total. The number of rotatable bonds is 2. The molecule has 0 aliphatic heterocycles. The van der Waals surface area contributed by atoms with Gasteiger partial charge in [-0.1, -0.05) is 24.3 Å². The molecular formula is C15H9F6O. The molecule has 0 amide bonds. The van der Waals surface area contributed by atoms with E-state index in [0.717, 1.165) is 48.5 Å². The van der Waals surface area contributed by atoms with Crippen LogP contribution in [0.2, 0.25) is 0 Å². The number of halogens is 6. The first kappa shape index (κ1) is 16.4. The third kappa shape index (κ3) is 3.59. The van der Waals surface area contributed by atoms with E-state index in [0.29, 0.717) is 0 Å². The van der Waals surface area contributed by atoms with Gasteiger partial charge in [0, 0.05) is 0 Å². The SMILES string of the molecule is [O]C(c1ccc(C(F)(F)F)cc1)c1ccc(C(F)(F)F)cc1. The molecule has 0 heterocycles. The largest absolute Gasteiger partial charge is 0.416 e. The van der Waals surface area contributed by atoms with Crippen molar-refractivity contribution in [2.45, 2.75) is 18.5 Å². The highest BCUT2D eigenvalue weighted by Crippen LogP contribution is 2.33. The number of hydrogen-bond acceptors (Lipinski definition) is 0. The van der Waals surface area contributed by atoms with Gasteiger partial charge in [-0.15, -0.1) is 0 Å². The van der Waals surface area contributed by atoms with E-state index < -0.39 is 29.6 Å². The van der Waals surface area contributed by atoms with E-state index in [4.69, 9.17) is 0 Å². The Balaban J connectivity index is 2.23. The maximum Gasteiger partial charge on any atom is 0.416 e. The lowest BCUT2D eigenvalue weighted by Gasteiger charge is -2.13. The Bertz CT molecular complexity index is 568. The molecule has 2 aromatic carbocycles. The highest BCUT2D eigenvalue weighted by atomic mass is 19.4. The Hall–Kier alpha value is -2.02. The monoisotopic (exact) mass is 319 g/mol. The van der Waals surface area contributed by atoms with Crippen molar-refractivity contribution in [2.75, 3.05) is 0 Å². The average Bonchev–Trinajstić information content (AvgIpc) is 2.45. The highest BCUT2D eigenvalue weighted by molar-refractivity contribution is 5.34. The summed E-state index contributed by atoms with van der Waals surface area (Å²) in [5.41, 5.74) is -1.69. The Labute approximate surface area is 121 Å². The zero-order valence-electron chi connectivity index (χ0n) is 10.9. The lowest BCUT2D eigenvalue weighted by molar-refractivity contribution is -0.138. The van der Waals surface area contributed by atoms with Crippen molar-refractivity contribution in [3.63, 3.8) is 0 Å². The summed E-state index contributed by atoms with van der Waals surface area (Å²) in [6.45, 7) is 0. The molecule has 7 heteroatoms. The molecule has 0 bridgehead atoms. The summed E-state index contributed by atoms with van der Waals surface area (Å²) in [5, 5.41) is 12.1. The standard InChI is InChI=1S/C15H9F6O/c16-14(17,18)11-5-1-9(2-6-11)13(22)10-3-7-12(8-4-10)15(19,20)21/h1-8,13H. The molecular weight excluding hydrogens is 310 g/mol. The summed E-state index contributed by atoms with van der Waals surface area (Å²) >= 11 is 0. The molecule has 0 saturated heterocycles. The van der Waals surface area contributed by atoms with Crippen LogP contribution in [-0.4, -0.2) is 0 Å². The van der Waals surface area contributed by atoms with Crippen LogP contribution in [0.5, 0.6) is 0 Å². The van der Waals surface area contributed by atoms with Crippen molar-refractivity contribution in [1.82, 2.24) is 0 Å².